The van der Waals surface area contributed by atoms with E-state index in [4.69, 9.17) is 24.4 Å². The predicted octanol–water partition coefficient (Wildman–Crippen LogP) is 3.89. The van der Waals surface area contributed by atoms with Crippen molar-refractivity contribution in [2.75, 3.05) is 38.1 Å². The Hall–Kier alpha value is -0.320. The molecule has 0 aromatic heterocycles. The van der Waals surface area contributed by atoms with Gasteiger partial charge in [-0.2, -0.15) is 0 Å². The van der Waals surface area contributed by atoms with E-state index in [1.165, 1.54) is 30.6 Å². The first kappa shape index (κ1) is 15.7. The van der Waals surface area contributed by atoms with Crippen molar-refractivity contribution in [1.29, 1.82) is 0 Å². The molecule has 0 saturated heterocycles. The molecule has 0 heterocycles. The van der Waals surface area contributed by atoms with Gasteiger partial charge in [-0.05, 0) is 45.0 Å². The van der Waals surface area contributed by atoms with E-state index in [-0.39, 0.29) is 0 Å². The van der Waals surface area contributed by atoms with Crippen molar-refractivity contribution in [3.63, 3.8) is 0 Å². The summed E-state index contributed by atoms with van der Waals surface area (Å²) in [5, 5.41) is 0. The Bertz CT molecular complexity index is 447. The van der Waals surface area contributed by atoms with Crippen molar-refractivity contribution < 1.29 is 0 Å². The van der Waals surface area contributed by atoms with E-state index in [9.17, 15) is 0 Å². The molecule has 0 aliphatic heterocycles. The second-order valence-electron chi connectivity index (χ2n) is 4.84. The fourth-order valence-corrected chi connectivity index (χ4v) is 3.00. The van der Waals surface area contributed by atoms with Crippen LogP contribution < -0.4 is 4.90 Å². The molecule has 0 bridgehead atoms. The predicted molar refractivity (Wildman–Crippen MR) is 85.5 cm³/mol. The number of nitrogens with zero attached hydrogens (tertiary/aromatic N) is 2. The number of hydrogen-bond acceptors (Lipinski definition) is 4. The standard InChI is InChI=1S/C14H24N2S2/c1-5-8-16(6-2)10-7-9-15(4)12-11(3)13(17)14(12)18/h5-10H2,1-4H3. The van der Waals surface area contributed by atoms with Crippen LogP contribution in [0.1, 0.15) is 32.3 Å². The fraction of sp³-hybridized carbons (Fsp3) is 0.714. The van der Waals surface area contributed by atoms with Crippen LogP contribution in [0.15, 0.2) is 0 Å². The Morgan fingerprint density at radius 3 is 2.17 bits per heavy atom. The van der Waals surface area contributed by atoms with Crippen molar-refractivity contribution in [3.8, 4) is 0 Å². The highest BCUT2D eigenvalue weighted by molar-refractivity contribution is 7.74. The van der Waals surface area contributed by atoms with Crippen LogP contribution in [0, 0.1) is 15.9 Å². The average Bonchev–Trinajstić information content (AvgIpc) is 2.37. The van der Waals surface area contributed by atoms with Gasteiger partial charge in [-0.25, -0.2) is 0 Å². The number of hydrogen-bond donors (Lipinski definition) is 0. The average molecular weight is 284 g/mol. The first-order valence-electron chi connectivity index (χ1n) is 6.76. The van der Waals surface area contributed by atoms with Gasteiger partial charge in [0.2, 0.25) is 0 Å². The summed E-state index contributed by atoms with van der Waals surface area (Å²) in [5.74, 6) is 0. The second-order valence-corrected chi connectivity index (χ2v) is 5.66. The van der Waals surface area contributed by atoms with E-state index in [0.717, 1.165) is 28.7 Å². The molecule has 0 radical (unpaired) electrons. The molecule has 1 rings (SSSR count). The zero-order valence-corrected chi connectivity index (χ0v) is 13.6. The van der Waals surface area contributed by atoms with E-state index >= 15 is 0 Å². The lowest BCUT2D eigenvalue weighted by Crippen LogP contribution is -2.29. The SMILES string of the molecule is CCCN(CC)CCCN(C)c1c(C)c(=S)c1=S. The molecule has 0 N–H and O–H groups in total. The molecule has 1 aromatic carbocycles. The summed E-state index contributed by atoms with van der Waals surface area (Å²) in [4.78, 5) is 4.76. The van der Waals surface area contributed by atoms with Crippen LogP contribution in [0.5, 0.6) is 0 Å². The first-order valence-corrected chi connectivity index (χ1v) is 7.57. The minimum Gasteiger partial charge on any atom is -0.373 e. The molecule has 102 valence electrons. The van der Waals surface area contributed by atoms with Gasteiger partial charge in [-0.3, -0.25) is 0 Å². The largest absolute Gasteiger partial charge is 0.373 e. The van der Waals surface area contributed by atoms with Crippen LogP contribution in [0.3, 0.4) is 0 Å². The third-order valence-electron chi connectivity index (χ3n) is 3.45. The lowest BCUT2D eigenvalue weighted by Gasteiger charge is -2.26. The summed E-state index contributed by atoms with van der Waals surface area (Å²) >= 11 is 10.5. The van der Waals surface area contributed by atoms with Gasteiger partial charge in [0.05, 0.1) is 14.7 Å². The van der Waals surface area contributed by atoms with Crippen molar-refractivity contribution >= 4 is 30.1 Å². The molecule has 0 aliphatic carbocycles. The quantitative estimate of drug-likeness (QED) is 0.668. The molecule has 1 aromatic rings. The Morgan fingerprint density at radius 2 is 1.67 bits per heavy atom. The number of rotatable bonds is 8. The fourth-order valence-electron chi connectivity index (χ4n) is 2.34. The first-order chi connectivity index (χ1) is 8.52. The monoisotopic (exact) mass is 284 g/mol. The normalized spacial score (nSPS) is 11.4. The van der Waals surface area contributed by atoms with Gasteiger partial charge in [0.25, 0.3) is 0 Å². The summed E-state index contributed by atoms with van der Waals surface area (Å²) in [6.07, 6.45) is 2.41. The van der Waals surface area contributed by atoms with Crippen LogP contribution in [-0.4, -0.2) is 38.1 Å². The Morgan fingerprint density at radius 1 is 1.00 bits per heavy atom. The summed E-state index contributed by atoms with van der Waals surface area (Å²) in [5.41, 5.74) is 2.38. The lowest BCUT2D eigenvalue weighted by molar-refractivity contribution is 0.286. The van der Waals surface area contributed by atoms with Crippen molar-refractivity contribution in [2.45, 2.75) is 33.6 Å². The highest BCUT2D eigenvalue weighted by Crippen LogP contribution is 2.28. The van der Waals surface area contributed by atoms with E-state index < -0.39 is 0 Å². The topological polar surface area (TPSA) is 6.48 Å². The molecule has 2 nitrogen and oxygen atoms in total. The van der Waals surface area contributed by atoms with Crippen molar-refractivity contribution in [3.05, 3.63) is 14.6 Å². The summed E-state index contributed by atoms with van der Waals surface area (Å²) in [6.45, 7) is 11.1. The minimum atomic E-state index is 0.880. The molecule has 0 amide bonds. The van der Waals surface area contributed by atoms with Crippen LogP contribution in [0.25, 0.3) is 0 Å². The molecular formula is C14H24N2S2. The van der Waals surface area contributed by atoms with Crippen LogP contribution >= 0.6 is 24.4 Å². The molecule has 0 spiro atoms. The molecule has 0 fully saturated rings. The van der Waals surface area contributed by atoms with Gasteiger partial charge in [0.15, 0.2) is 0 Å². The van der Waals surface area contributed by atoms with Gasteiger partial charge < -0.3 is 9.80 Å². The molecule has 0 atom stereocenters. The maximum Gasteiger partial charge on any atom is 0.0797 e. The molecule has 0 saturated carbocycles. The zero-order valence-electron chi connectivity index (χ0n) is 12.0. The molecule has 0 unspecified atom stereocenters. The molecule has 0 aliphatic rings. The Balaban J connectivity index is 2.41. The van der Waals surface area contributed by atoms with E-state index in [2.05, 4.69) is 37.6 Å². The maximum atomic E-state index is 5.30. The van der Waals surface area contributed by atoms with Gasteiger partial charge in [0.1, 0.15) is 0 Å². The lowest BCUT2D eigenvalue weighted by atomic mass is 10.1. The summed E-state index contributed by atoms with van der Waals surface area (Å²) in [6, 6.07) is 0. The van der Waals surface area contributed by atoms with Crippen LogP contribution in [-0.2, 0) is 0 Å². The molecule has 18 heavy (non-hydrogen) atoms. The second kappa shape index (κ2) is 7.31. The number of anilines is 1. The Kier molecular flexibility index (Phi) is 6.39. The third kappa shape index (κ3) is 3.59. The van der Waals surface area contributed by atoms with Gasteiger partial charge in [-0.1, -0.05) is 38.3 Å². The van der Waals surface area contributed by atoms with Gasteiger partial charge in [0, 0.05) is 13.6 Å². The maximum absolute atomic E-state index is 5.30. The van der Waals surface area contributed by atoms with E-state index in [0.29, 0.717) is 0 Å². The zero-order chi connectivity index (χ0) is 13.7. The van der Waals surface area contributed by atoms with Crippen LogP contribution in [0.4, 0.5) is 5.69 Å². The minimum absolute atomic E-state index is 0.880. The van der Waals surface area contributed by atoms with E-state index in [1.807, 2.05) is 0 Å². The van der Waals surface area contributed by atoms with Gasteiger partial charge in [-0.15, -0.1) is 0 Å². The molecule has 4 heteroatoms. The van der Waals surface area contributed by atoms with Gasteiger partial charge >= 0.3 is 0 Å². The highest BCUT2D eigenvalue weighted by atomic mass is 32.1. The van der Waals surface area contributed by atoms with Crippen molar-refractivity contribution in [2.24, 2.45) is 0 Å². The Labute approximate surface area is 121 Å². The summed E-state index contributed by atoms with van der Waals surface area (Å²) < 4.78 is 1.76. The van der Waals surface area contributed by atoms with Crippen molar-refractivity contribution in [1.82, 2.24) is 4.90 Å². The highest BCUT2D eigenvalue weighted by Gasteiger charge is 2.14. The summed E-state index contributed by atoms with van der Waals surface area (Å²) in [7, 11) is 2.11. The smallest absolute Gasteiger partial charge is 0.0797 e. The van der Waals surface area contributed by atoms with E-state index in [1.54, 1.807) is 0 Å². The third-order valence-corrected chi connectivity index (χ3v) is 4.49. The molecular weight excluding hydrogens is 260 g/mol. The van der Waals surface area contributed by atoms with Crippen LogP contribution in [0.2, 0.25) is 0 Å².